The zero-order valence-corrected chi connectivity index (χ0v) is 13.2. The normalized spacial score (nSPS) is 10.2. The highest BCUT2D eigenvalue weighted by Crippen LogP contribution is 2.14. The fraction of sp³-hybridized carbons (Fsp3) is 0.188. The molecule has 0 aliphatic rings. The highest BCUT2D eigenvalue weighted by atomic mass is 79.9. The molecule has 0 unspecified atom stereocenters. The van der Waals surface area contributed by atoms with Crippen LogP contribution in [0.15, 0.2) is 53.0 Å². The molecular formula is C16H16BrFN2O. The second-order valence-corrected chi connectivity index (χ2v) is 5.65. The lowest BCUT2D eigenvalue weighted by atomic mass is 10.2. The van der Waals surface area contributed by atoms with Gasteiger partial charge in [-0.1, -0.05) is 28.1 Å². The summed E-state index contributed by atoms with van der Waals surface area (Å²) < 4.78 is 13.8. The number of hydrogen-bond acceptors (Lipinski definition) is 2. The number of likely N-dealkylation sites (N-methyl/N-ethyl adjacent to an activating group) is 1. The van der Waals surface area contributed by atoms with E-state index in [1.807, 2.05) is 24.3 Å². The average Bonchev–Trinajstić information content (AvgIpc) is 2.48. The summed E-state index contributed by atoms with van der Waals surface area (Å²) in [6.45, 7) is 0.681. The van der Waals surface area contributed by atoms with Crippen molar-refractivity contribution in [2.75, 3.05) is 18.9 Å². The second-order valence-electron chi connectivity index (χ2n) is 4.74. The molecule has 0 heterocycles. The summed E-state index contributed by atoms with van der Waals surface area (Å²) in [5, 5.41) is 3.08. The standard InChI is InChI=1S/C16H16BrFN2O/c1-20(11-12-2-6-14(18)7-3-12)16(21)10-19-15-8-4-13(17)5-9-15/h2-9,19H,10-11H2,1H3. The van der Waals surface area contributed by atoms with E-state index in [9.17, 15) is 9.18 Å². The molecule has 0 fully saturated rings. The van der Waals surface area contributed by atoms with E-state index in [4.69, 9.17) is 0 Å². The Kier molecular flexibility index (Phi) is 5.33. The Hall–Kier alpha value is -1.88. The zero-order chi connectivity index (χ0) is 15.2. The van der Waals surface area contributed by atoms with Crippen LogP contribution in [0.25, 0.3) is 0 Å². The Morgan fingerprint density at radius 1 is 1.14 bits per heavy atom. The first-order chi connectivity index (χ1) is 10.0. The van der Waals surface area contributed by atoms with Crippen LogP contribution in [0.3, 0.4) is 0 Å². The van der Waals surface area contributed by atoms with E-state index in [-0.39, 0.29) is 18.3 Å². The zero-order valence-electron chi connectivity index (χ0n) is 11.6. The summed E-state index contributed by atoms with van der Waals surface area (Å²) in [7, 11) is 1.73. The molecule has 1 N–H and O–H groups in total. The minimum atomic E-state index is -0.273. The van der Waals surface area contributed by atoms with Crippen LogP contribution in [0.5, 0.6) is 0 Å². The number of halogens is 2. The summed E-state index contributed by atoms with van der Waals surface area (Å²) in [5.41, 5.74) is 1.79. The number of benzene rings is 2. The molecule has 1 amide bonds. The summed E-state index contributed by atoms with van der Waals surface area (Å²) in [6, 6.07) is 13.8. The number of carbonyl (C=O) groups excluding carboxylic acids is 1. The van der Waals surface area contributed by atoms with Gasteiger partial charge in [0, 0.05) is 23.8 Å². The monoisotopic (exact) mass is 350 g/mol. The maximum atomic E-state index is 12.8. The second kappa shape index (κ2) is 7.22. The first-order valence-electron chi connectivity index (χ1n) is 6.52. The third-order valence-electron chi connectivity index (χ3n) is 3.05. The van der Waals surface area contributed by atoms with Crippen molar-refractivity contribution in [3.05, 3.63) is 64.4 Å². The van der Waals surface area contributed by atoms with Gasteiger partial charge in [-0.25, -0.2) is 4.39 Å². The van der Waals surface area contributed by atoms with Crippen molar-refractivity contribution in [3.63, 3.8) is 0 Å². The molecule has 0 spiro atoms. The summed E-state index contributed by atoms with van der Waals surface area (Å²) >= 11 is 3.36. The fourth-order valence-corrected chi connectivity index (χ4v) is 2.10. The number of amides is 1. The molecule has 0 aliphatic carbocycles. The molecule has 0 atom stereocenters. The van der Waals surface area contributed by atoms with Crippen LogP contribution in [-0.2, 0) is 11.3 Å². The molecule has 0 saturated carbocycles. The highest BCUT2D eigenvalue weighted by Gasteiger charge is 2.09. The Morgan fingerprint density at radius 2 is 1.76 bits per heavy atom. The molecule has 5 heteroatoms. The van der Waals surface area contributed by atoms with Gasteiger partial charge in [-0.2, -0.15) is 0 Å². The third kappa shape index (κ3) is 4.86. The number of nitrogens with zero attached hydrogens (tertiary/aromatic N) is 1. The molecular weight excluding hydrogens is 335 g/mol. The van der Waals surface area contributed by atoms with Gasteiger partial charge in [0.25, 0.3) is 0 Å². The molecule has 0 aliphatic heterocycles. The predicted molar refractivity (Wildman–Crippen MR) is 85.5 cm³/mol. The van der Waals surface area contributed by atoms with E-state index < -0.39 is 0 Å². The lowest BCUT2D eigenvalue weighted by Gasteiger charge is -2.18. The van der Waals surface area contributed by atoms with Crippen LogP contribution in [0, 0.1) is 5.82 Å². The quantitative estimate of drug-likeness (QED) is 0.892. The van der Waals surface area contributed by atoms with Crippen molar-refractivity contribution in [2.24, 2.45) is 0 Å². The molecule has 2 rings (SSSR count). The first-order valence-corrected chi connectivity index (χ1v) is 7.32. The molecule has 2 aromatic carbocycles. The summed E-state index contributed by atoms with van der Waals surface area (Å²) in [5.74, 6) is -0.299. The summed E-state index contributed by atoms with van der Waals surface area (Å²) in [4.78, 5) is 13.6. The van der Waals surface area contributed by atoms with Gasteiger partial charge in [0.05, 0.1) is 6.54 Å². The van der Waals surface area contributed by atoms with Gasteiger partial charge in [0.1, 0.15) is 5.82 Å². The number of anilines is 1. The number of nitrogens with one attached hydrogen (secondary N) is 1. The van der Waals surface area contributed by atoms with Crippen LogP contribution < -0.4 is 5.32 Å². The number of carbonyl (C=O) groups is 1. The summed E-state index contributed by atoms with van der Waals surface area (Å²) in [6.07, 6.45) is 0. The van der Waals surface area contributed by atoms with Gasteiger partial charge in [-0.3, -0.25) is 4.79 Å². The molecule has 2 aromatic rings. The largest absolute Gasteiger partial charge is 0.376 e. The topological polar surface area (TPSA) is 32.3 Å². The first kappa shape index (κ1) is 15.5. The number of rotatable bonds is 5. The molecule has 110 valence electrons. The van der Waals surface area contributed by atoms with Crippen LogP contribution >= 0.6 is 15.9 Å². The maximum Gasteiger partial charge on any atom is 0.241 e. The maximum absolute atomic E-state index is 12.8. The van der Waals surface area contributed by atoms with Crippen LogP contribution in [0.4, 0.5) is 10.1 Å². The molecule has 0 saturated heterocycles. The van der Waals surface area contributed by atoms with Gasteiger partial charge >= 0.3 is 0 Å². The van der Waals surface area contributed by atoms with Gasteiger partial charge in [0.15, 0.2) is 0 Å². The van der Waals surface area contributed by atoms with E-state index >= 15 is 0 Å². The lowest BCUT2D eigenvalue weighted by molar-refractivity contribution is -0.128. The SMILES string of the molecule is CN(Cc1ccc(F)cc1)C(=O)CNc1ccc(Br)cc1. The van der Waals surface area contributed by atoms with Crippen molar-refractivity contribution in [2.45, 2.75) is 6.54 Å². The predicted octanol–water partition coefficient (Wildman–Crippen LogP) is 3.66. The third-order valence-corrected chi connectivity index (χ3v) is 3.58. The Morgan fingerprint density at radius 3 is 2.38 bits per heavy atom. The van der Waals surface area contributed by atoms with Crippen LogP contribution in [0.1, 0.15) is 5.56 Å². The molecule has 0 aromatic heterocycles. The molecule has 3 nitrogen and oxygen atoms in total. The number of hydrogen-bond donors (Lipinski definition) is 1. The Labute approximate surface area is 131 Å². The van der Waals surface area contributed by atoms with E-state index in [0.29, 0.717) is 6.54 Å². The van der Waals surface area contributed by atoms with Gasteiger partial charge in [-0.05, 0) is 42.0 Å². The minimum absolute atomic E-state index is 0.0257. The van der Waals surface area contributed by atoms with E-state index in [1.165, 1.54) is 12.1 Å². The smallest absolute Gasteiger partial charge is 0.241 e. The Balaban J connectivity index is 1.84. The van der Waals surface area contributed by atoms with Gasteiger partial charge < -0.3 is 10.2 Å². The van der Waals surface area contributed by atoms with Gasteiger partial charge in [0.2, 0.25) is 5.91 Å². The van der Waals surface area contributed by atoms with Crippen LogP contribution in [-0.4, -0.2) is 24.4 Å². The highest BCUT2D eigenvalue weighted by molar-refractivity contribution is 9.10. The minimum Gasteiger partial charge on any atom is -0.376 e. The molecule has 0 bridgehead atoms. The van der Waals surface area contributed by atoms with E-state index in [0.717, 1.165) is 15.7 Å². The van der Waals surface area contributed by atoms with E-state index in [1.54, 1.807) is 24.1 Å². The molecule has 21 heavy (non-hydrogen) atoms. The fourth-order valence-electron chi connectivity index (χ4n) is 1.83. The Bertz CT molecular complexity index is 599. The van der Waals surface area contributed by atoms with Crippen molar-refractivity contribution >= 4 is 27.5 Å². The van der Waals surface area contributed by atoms with Gasteiger partial charge in [-0.15, -0.1) is 0 Å². The van der Waals surface area contributed by atoms with Crippen molar-refractivity contribution in [3.8, 4) is 0 Å². The molecule has 0 radical (unpaired) electrons. The van der Waals surface area contributed by atoms with Crippen molar-refractivity contribution in [1.29, 1.82) is 0 Å². The van der Waals surface area contributed by atoms with Crippen molar-refractivity contribution in [1.82, 2.24) is 4.90 Å². The lowest BCUT2D eigenvalue weighted by Crippen LogP contribution is -2.31. The van der Waals surface area contributed by atoms with E-state index in [2.05, 4.69) is 21.2 Å². The van der Waals surface area contributed by atoms with Crippen LogP contribution in [0.2, 0.25) is 0 Å². The van der Waals surface area contributed by atoms with Crippen molar-refractivity contribution < 1.29 is 9.18 Å². The average molecular weight is 351 g/mol.